The molecule has 1 aliphatic heterocycles. The molecule has 0 aliphatic carbocycles. The lowest BCUT2D eigenvalue weighted by atomic mass is 10.1. The molecule has 3 N–H and O–H groups in total. The third-order valence-corrected chi connectivity index (χ3v) is 4.71. The molecule has 0 aromatic heterocycles. The summed E-state index contributed by atoms with van der Waals surface area (Å²) in [5.41, 5.74) is 1.23. The summed E-state index contributed by atoms with van der Waals surface area (Å²) in [6, 6.07) is 10.7. The van der Waals surface area contributed by atoms with Crippen LogP contribution >= 0.6 is 0 Å². The molecule has 144 valence electrons. The molecule has 1 aromatic rings. The molecule has 1 atom stereocenters. The molecule has 26 heavy (non-hydrogen) atoms. The van der Waals surface area contributed by atoms with E-state index in [9.17, 15) is 4.79 Å². The number of hydrogen-bond donors (Lipinski definition) is 3. The van der Waals surface area contributed by atoms with Gasteiger partial charge in [-0.15, -0.1) is 0 Å². The Morgan fingerprint density at radius 1 is 1.19 bits per heavy atom. The first kappa shape index (κ1) is 20.2. The monoisotopic (exact) mass is 359 g/mol. The minimum atomic E-state index is -0.0471. The van der Waals surface area contributed by atoms with Crippen LogP contribution in [0.15, 0.2) is 35.3 Å². The van der Waals surface area contributed by atoms with E-state index in [2.05, 4.69) is 44.9 Å². The number of carbonyl (C=O) groups excluding carboxylic acids is 1. The quantitative estimate of drug-likeness (QED) is 0.460. The van der Waals surface area contributed by atoms with Crippen molar-refractivity contribution in [2.45, 2.75) is 39.2 Å². The van der Waals surface area contributed by atoms with Gasteiger partial charge in [0, 0.05) is 25.7 Å². The predicted molar refractivity (Wildman–Crippen MR) is 107 cm³/mol. The summed E-state index contributed by atoms with van der Waals surface area (Å²) in [4.78, 5) is 18.9. The summed E-state index contributed by atoms with van der Waals surface area (Å²) in [5.74, 6) is 0.669. The number of rotatable bonds is 9. The van der Waals surface area contributed by atoms with Gasteiger partial charge in [-0.3, -0.25) is 9.69 Å². The lowest BCUT2D eigenvalue weighted by Gasteiger charge is -2.23. The number of nitrogens with zero attached hydrogens (tertiary/aromatic N) is 2. The molecule has 1 amide bonds. The highest BCUT2D eigenvalue weighted by Gasteiger charge is 2.22. The number of likely N-dealkylation sites (N-methyl/N-ethyl adjacent to an activating group) is 1. The molecule has 1 heterocycles. The summed E-state index contributed by atoms with van der Waals surface area (Å²) in [5, 5.41) is 9.53. The Labute approximate surface area is 157 Å². The summed E-state index contributed by atoms with van der Waals surface area (Å²) in [7, 11) is 0. The van der Waals surface area contributed by atoms with Crippen LogP contribution in [0.4, 0.5) is 0 Å². The maximum atomic E-state index is 12.0. The highest BCUT2D eigenvalue weighted by molar-refractivity contribution is 5.84. The number of benzene rings is 1. The van der Waals surface area contributed by atoms with E-state index >= 15 is 0 Å². The molecule has 2 rings (SSSR count). The van der Waals surface area contributed by atoms with Crippen molar-refractivity contribution in [3.63, 3.8) is 0 Å². The lowest BCUT2D eigenvalue weighted by molar-refractivity contribution is -0.119. The van der Waals surface area contributed by atoms with Crippen molar-refractivity contribution in [3.8, 4) is 0 Å². The molecule has 1 unspecified atom stereocenters. The molecule has 1 saturated heterocycles. The van der Waals surface area contributed by atoms with Crippen molar-refractivity contribution < 1.29 is 4.79 Å². The van der Waals surface area contributed by atoms with Gasteiger partial charge in [-0.1, -0.05) is 37.3 Å². The average molecular weight is 360 g/mol. The van der Waals surface area contributed by atoms with Crippen molar-refractivity contribution in [2.75, 3.05) is 39.3 Å². The first-order valence-corrected chi connectivity index (χ1v) is 9.79. The number of carbonyl (C=O) groups is 1. The molecule has 6 heteroatoms. The Morgan fingerprint density at radius 2 is 2.00 bits per heavy atom. The Hall–Kier alpha value is -2.08. The van der Waals surface area contributed by atoms with Crippen LogP contribution in [0.25, 0.3) is 0 Å². The zero-order valence-electron chi connectivity index (χ0n) is 16.1. The molecular formula is C20H33N5O. The van der Waals surface area contributed by atoms with E-state index in [0.29, 0.717) is 18.5 Å². The van der Waals surface area contributed by atoms with Crippen molar-refractivity contribution in [3.05, 3.63) is 35.9 Å². The van der Waals surface area contributed by atoms with E-state index in [1.165, 1.54) is 24.9 Å². The van der Waals surface area contributed by atoms with Crippen LogP contribution in [-0.2, 0) is 11.2 Å². The maximum Gasteiger partial charge on any atom is 0.241 e. The van der Waals surface area contributed by atoms with Crippen LogP contribution < -0.4 is 16.0 Å². The Morgan fingerprint density at radius 3 is 2.73 bits per heavy atom. The average Bonchev–Trinajstić information content (AvgIpc) is 3.12. The fraction of sp³-hybridized carbons (Fsp3) is 0.600. The number of nitrogens with one attached hydrogen (secondary N) is 3. The summed E-state index contributed by atoms with van der Waals surface area (Å²) < 4.78 is 0. The minimum absolute atomic E-state index is 0.0471. The molecular weight excluding hydrogens is 326 g/mol. The van der Waals surface area contributed by atoms with E-state index in [-0.39, 0.29) is 12.5 Å². The number of aliphatic imine (C=N–C) groups is 1. The van der Waals surface area contributed by atoms with Crippen LogP contribution in [0.3, 0.4) is 0 Å². The maximum absolute atomic E-state index is 12.0. The van der Waals surface area contributed by atoms with Gasteiger partial charge in [-0.25, -0.2) is 4.99 Å². The molecule has 0 bridgehead atoms. The first-order valence-electron chi connectivity index (χ1n) is 9.79. The topological polar surface area (TPSA) is 68.8 Å². The van der Waals surface area contributed by atoms with E-state index in [1.807, 2.05) is 25.1 Å². The van der Waals surface area contributed by atoms with Gasteiger partial charge in [0.05, 0.1) is 0 Å². The van der Waals surface area contributed by atoms with Gasteiger partial charge in [-0.05, 0) is 44.8 Å². The fourth-order valence-electron chi connectivity index (χ4n) is 3.30. The van der Waals surface area contributed by atoms with Crippen LogP contribution in [0.2, 0.25) is 0 Å². The van der Waals surface area contributed by atoms with E-state index < -0.39 is 0 Å². The van der Waals surface area contributed by atoms with Crippen LogP contribution in [-0.4, -0.2) is 62.1 Å². The normalized spacial score (nSPS) is 17.9. The molecule has 1 aliphatic rings. The standard InChI is InChI=1S/C20H33N5O/c1-3-21-20(23-15-18-11-8-14-25(18)4-2)24-16-19(26)22-13-12-17-9-6-5-7-10-17/h5-7,9-10,18H,3-4,8,11-16H2,1-2H3,(H,22,26)(H2,21,23,24). The van der Waals surface area contributed by atoms with Crippen molar-refractivity contribution in [2.24, 2.45) is 4.99 Å². The highest BCUT2D eigenvalue weighted by Crippen LogP contribution is 2.15. The largest absolute Gasteiger partial charge is 0.357 e. The van der Waals surface area contributed by atoms with Gasteiger partial charge in [0.1, 0.15) is 6.54 Å². The number of amides is 1. The molecule has 0 spiro atoms. The van der Waals surface area contributed by atoms with Gasteiger partial charge in [0.25, 0.3) is 0 Å². The van der Waals surface area contributed by atoms with Gasteiger partial charge < -0.3 is 16.0 Å². The Bertz CT molecular complexity index is 561. The number of hydrogen-bond acceptors (Lipinski definition) is 3. The highest BCUT2D eigenvalue weighted by atomic mass is 16.1. The third kappa shape index (κ3) is 7.04. The van der Waals surface area contributed by atoms with Gasteiger partial charge in [0.2, 0.25) is 5.91 Å². The summed E-state index contributed by atoms with van der Waals surface area (Å²) in [6.45, 7) is 8.94. The molecule has 1 aromatic carbocycles. The zero-order chi connectivity index (χ0) is 18.6. The third-order valence-electron chi connectivity index (χ3n) is 4.71. The molecule has 0 saturated carbocycles. The Kier molecular flexibility index (Phi) is 8.96. The number of guanidine groups is 1. The van der Waals surface area contributed by atoms with E-state index in [0.717, 1.165) is 26.1 Å². The first-order chi connectivity index (χ1) is 12.7. The second kappa shape index (κ2) is 11.5. The zero-order valence-corrected chi connectivity index (χ0v) is 16.1. The van der Waals surface area contributed by atoms with E-state index in [1.54, 1.807) is 0 Å². The van der Waals surface area contributed by atoms with Crippen molar-refractivity contribution >= 4 is 11.9 Å². The summed E-state index contributed by atoms with van der Waals surface area (Å²) in [6.07, 6.45) is 3.32. The Balaban J connectivity index is 1.71. The smallest absolute Gasteiger partial charge is 0.241 e. The molecule has 0 radical (unpaired) electrons. The van der Waals surface area contributed by atoms with E-state index in [4.69, 9.17) is 0 Å². The van der Waals surface area contributed by atoms with Crippen LogP contribution in [0.5, 0.6) is 0 Å². The predicted octanol–water partition coefficient (Wildman–Crippen LogP) is 1.38. The van der Waals surface area contributed by atoms with Gasteiger partial charge in [0.15, 0.2) is 5.96 Å². The van der Waals surface area contributed by atoms with Crippen LogP contribution in [0, 0.1) is 0 Å². The molecule has 6 nitrogen and oxygen atoms in total. The lowest BCUT2D eigenvalue weighted by Crippen LogP contribution is -2.45. The van der Waals surface area contributed by atoms with Gasteiger partial charge >= 0.3 is 0 Å². The van der Waals surface area contributed by atoms with Crippen molar-refractivity contribution in [1.82, 2.24) is 20.9 Å². The minimum Gasteiger partial charge on any atom is -0.357 e. The second-order valence-electron chi connectivity index (χ2n) is 6.59. The SMILES string of the molecule is CCNC(=NCC(=O)NCCc1ccccc1)NCC1CCCN1CC. The second-order valence-corrected chi connectivity index (χ2v) is 6.59. The van der Waals surface area contributed by atoms with Crippen molar-refractivity contribution in [1.29, 1.82) is 0 Å². The number of likely N-dealkylation sites (tertiary alicyclic amines) is 1. The van der Waals surface area contributed by atoms with Gasteiger partial charge in [-0.2, -0.15) is 0 Å². The summed E-state index contributed by atoms with van der Waals surface area (Å²) >= 11 is 0. The fourth-order valence-corrected chi connectivity index (χ4v) is 3.30. The van der Waals surface area contributed by atoms with Crippen LogP contribution in [0.1, 0.15) is 32.3 Å². The molecule has 1 fully saturated rings.